The van der Waals surface area contributed by atoms with Crippen LogP contribution in [0.1, 0.15) is 63.4 Å². The van der Waals surface area contributed by atoms with Gasteiger partial charge in [0.15, 0.2) is 9.66 Å². The van der Waals surface area contributed by atoms with Crippen LogP contribution >= 0.6 is 22.7 Å². The van der Waals surface area contributed by atoms with Gasteiger partial charge in [0.25, 0.3) is 0 Å². The van der Waals surface area contributed by atoms with Crippen molar-refractivity contribution in [2.24, 2.45) is 0 Å². The van der Waals surface area contributed by atoms with E-state index in [1.165, 1.54) is 48.8 Å². The second-order valence-corrected chi connectivity index (χ2v) is 13.6. The van der Waals surface area contributed by atoms with Crippen LogP contribution in [0.5, 0.6) is 0 Å². The first-order valence-corrected chi connectivity index (χ1v) is 12.1. The van der Waals surface area contributed by atoms with Gasteiger partial charge in [-0.3, -0.25) is 0 Å². The van der Waals surface area contributed by atoms with Gasteiger partial charge in [-0.2, -0.15) is 0 Å². The predicted molar refractivity (Wildman–Crippen MR) is 126 cm³/mol. The summed E-state index contributed by atoms with van der Waals surface area (Å²) in [6, 6.07) is 0. The average molecular weight is 427 g/mol. The molecule has 0 aromatic carbocycles. The van der Waals surface area contributed by atoms with Crippen LogP contribution in [0.2, 0.25) is 0 Å². The van der Waals surface area contributed by atoms with E-state index >= 15 is 0 Å². The summed E-state index contributed by atoms with van der Waals surface area (Å²) in [7, 11) is 13.6. The number of rotatable bonds is 10. The van der Waals surface area contributed by atoms with Gasteiger partial charge < -0.3 is 8.97 Å². The Morgan fingerprint density at radius 1 is 0.643 bits per heavy atom. The Bertz CT molecular complexity index is 680. The summed E-state index contributed by atoms with van der Waals surface area (Å²) in [4.78, 5) is 12.3. The Balaban J connectivity index is 2.07. The second kappa shape index (κ2) is 8.29. The maximum Gasteiger partial charge on any atom is 0.155 e. The summed E-state index contributed by atoms with van der Waals surface area (Å²) >= 11 is 3.61. The molecule has 0 fully saturated rings. The standard InChI is InChI=1S/C22H42N4S2/c1-21(2,13-11-15-25(5,6)7)19-23-17-18(27-19)24-20(28-17)22(3,4)14-12-16-26(8,9)10/h11-16H2,1-10H3/q+2. The van der Waals surface area contributed by atoms with Gasteiger partial charge in [-0.15, -0.1) is 0 Å². The zero-order chi connectivity index (χ0) is 21.4. The molecule has 0 saturated heterocycles. The third-order valence-electron chi connectivity index (χ3n) is 5.40. The van der Waals surface area contributed by atoms with Crippen LogP contribution in [0.15, 0.2) is 0 Å². The molecule has 0 amide bonds. The van der Waals surface area contributed by atoms with Gasteiger partial charge in [0.2, 0.25) is 0 Å². The maximum absolute atomic E-state index is 5.02. The molecular weight excluding hydrogens is 384 g/mol. The lowest BCUT2D eigenvalue weighted by Crippen LogP contribution is -2.36. The molecule has 0 aliphatic heterocycles. The van der Waals surface area contributed by atoms with E-state index in [0.29, 0.717) is 0 Å². The highest BCUT2D eigenvalue weighted by Crippen LogP contribution is 2.40. The zero-order valence-electron chi connectivity index (χ0n) is 19.8. The van der Waals surface area contributed by atoms with Crippen LogP contribution in [0, 0.1) is 0 Å². The lowest BCUT2D eigenvalue weighted by Gasteiger charge is -2.27. The third-order valence-corrected chi connectivity index (χ3v) is 8.15. The van der Waals surface area contributed by atoms with Crippen molar-refractivity contribution in [2.45, 2.75) is 64.2 Å². The SMILES string of the molecule is CC(C)(CCC[N+](C)(C)C)c1nc2sc(C(C)(C)CCC[N+](C)(C)C)nc2s1. The topological polar surface area (TPSA) is 25.8 Å². The highest BCUT2D eigenvalue weighted by atomic mass is 32.1. The number of nitrogens with zero attached hydrogens (tertiary/aromatic N) is 4. The molecule has 28 heavy (non-hydrogen) atoms. The van der Waals surface area contributed by atoms with Crippen molar-refractivity contribution in [1.29, 1.82) is 0 Å². The fourth-order valence-corrected chi connectivity index (χ4v) is 5.73. The van der Waals surface area contributed by atoms with Crippen LogP contribution < -0.4 is 0 Å². The van der Waals surface area contributed by atoms with Crippen molar-refractivity contribution < 1.29 is 8.97 Å². The van der Waals surface area contributed by atoms with E-state index in [1.54, 1.807) is 0 Å². The molecule has 2 aromatic rings. The number of hydrogen-bond donors (Lipinski definition) is 0. The van der Waals surface area contributed by atoms with E-state index in [1.807, 2.05) is 22.7 Å². The minimum Gasteiger partial charge on any atom is -0.331 e. The van der Waals surface area contributed by atoms with Crippen LogP contribution in [-0.2, 0) is 10.8 Å². The van der Waals surface area contributed by atoms with Crippen LogP contribution in [0.4, 0.5) is 0 Å². The predicted octanol–water partition coefficient (Wildman–Crippen LogP) is 5.28. The highest BCUT2D eigenvalue weighted by Gasteiger charge is 2.30. The first-order valence-electron chi connectivity index (χ1n) is 10.5. The van der Waals surface area contributed by atoms with E-state index in [2.05, 4.69) is 70.0 Å². The fourth-order valence-electron chi connectivity index (χ4n) is 3.43. The summed E-state index contributed by atoms with van der Waals surface area (Å²) in [5, 5.41) is 2.49. The number of aromatic nitrogens is 2. The molecule has 2 aromatic heterocycles. The summed E-state index contributed by atoms with van der Waals surface area (Å²) in [5.74, 6) is 0. The minimum absolute atomic E-state index is 0.126. The van der Waals surface area contributed by atoms with Gasteiger partial charge in [0.1, 0.15) is 10.0 Å². The van der Waals surface area contributed by atoms with Crippen LogP contribution in [0.25, 0.3) is 9.66 Å². The molecule has 0 atom stereocenters. The number of hydrogen-bond acceptors (Lipinski definition) is 4. The lowest BCUT2D eigenvalue weighted by molar-refractivity contribution is -0.870. The molecule has 2 rings (SSSR count). The Hall–Kier alpha value is -0.560. The van der Waals surface area contributed by atoms with E-state index in [9.17, 15) is 0 Å². The Kier molecular flexibility index (Phi) is 7.02. The fraction of sp³-hybridized carbons (Fsp3) is 0.818. The smallest absolute Gasteiger partial charge is 0.155 e. The minimum atomic E-state index is 0.126. The van der Waals surface area contributed by atoms with Crippen molar-refractivity contribution in [3.63, 3.8) is 0 Å². The normalized spacial score (nSPS) is 14.2. The van der Waals surface area contributed by atoms with E-state index in [-0.39, 0.29) is 10.8 Å². The molecular formula is C22H42N4S2+2. The molecule has 0 N–H and O–H groups in total. The second-order valence-electron chi connectivity index (χ2n) is 11.7. The first kappa shape index (κ1) is 23.7. The molecule has 160 valence electrons. The van der Waals surface area contributed by atoms with Crippen molar-refractivity contribution >= 4 is 32.3 Å². The molecule has 0 radical (unpaired) electrons. The van der Waals surface area contributed by atoms with E-state index in [0.717, 1.165) is 18.6 Å². The molecule has 0 saturated carbocycles. The largest absolute Gasteiger partial charge is 0.331 e. The summed E-state index contributed by atoms with van der Waals surface area (Å²) in [6.45, 7) is 11.7. The van der Waals surface area contributed by atoms with Crippen molar-refractivity contribution in [2.75, 3.05) is 55.4 Å². The third kappa shape index (κ3) is 6.75. The van der Waals surface area contributed by atoms with Crippen molar-refractivity contribution in [3.8, 4) is 0 Å². The number of quaternary nitrogens is 2. The highest BCUT2D eigenvalue weighted by molar-refractivity contribution is 7.26. The molecule has 0 unspecified atom stereocenters. The van der Waals surface area contributed by atoms with Crippen LogP contribution in [-0.4, -0.2) is 74.3 Å². The summed E-state index contributed by atoms with van der Waals surface area (Å²) in [5.41, 5.74) is 0.251. The Labute approximate surface area is 180 Å². The van der Waals surface area contributed by atoms with E-state index < -0.39 is 0 Å². The summed E-state index contributed by atoms with van der Waals surface area (Å²) < 4.78 is 2.05. The van der Waals surface area contributed by atoms with Crippen LogP contribution in [0.3, 0.4) is 0 Å². The quantitative estimate of drug-likeness (QED) is 0.483. The monoisotopic (exact) mass is 426 g/mol. The molecule has 2 heterocycles. The van der Waals surface area contributed by atoms with Crippen molar-refractivity contribution in [1.82, 2.24) is 9.97 Å². The first-order chi connectivity index (χ1) is 12.6. The number of thiazole rings is 2. The lowest BCUT2D eigenvalue weighted by atomic mass is 9.88. The van der Waals surface area contributed by atoms with Gasteiger partial charge >= 0.3 is 0 Å². The molecule has 0 aliphatic carbocycles. The summed E-state index contributed by atoms with van der Waals surface area (Å²) in [6.07, 6.45) is 4.79. The molecule has 0 spiro atoms. The Morgan fingerprint density at radius 3 is 1.25 bits per heavy atom. The molecule has 6 heteroatoms. The van der Waals surface area contributed by atoms with Gasteiger partial charge in [-0.05, 0) is 25.7 Å². The van der Waals surface area contributed by atoms with Gasteiger partial charge in [-0.1, -0.05) is 50.4 Å². The zero-order valence-corrected chi connectivity index (χ0v) is 21.5. The Morgan fingerprint density at radius 2 is 0.964 bits per heavy atom. The molecule has 0 aliphatic rings. The maximum atomic E-state index is 5.02. The molecule has 4 nitrogen and oxygen atoms in total. The van der Waals surface area contributed by atoms with Gasteiger partial charge in [0.05, 0.1) is 55.4 Å². The van der Waals surface area contributed by atoms with Gasteiger partial charge in [0, 0.05) is 10.8 Å². The molecule has 0 bridgehead atoms. The van der Waals surface area contributed by atoms with Crippen molar-refractivity contribution in [3.05, 3.63) is 10.0 Å². The van der Waals surface area contributed by atoms with Gasteiger partial charge in [-0.25, -0.2) is 9.97 Å². The van der Waals surface area contributed by atoms with E-state index in [4.69, 9.17) is 9.97 Å². The average Bonchev–Trinajstić information content (AvgIpc) is 3.02. The number of fused-ring (bicyclic) bond motifs is 1.